The molecule has 2 aromatic carbocycles. The molecule has 98 valence electrons. The van der Waals surface area contributed by atoms with Gasteiger partial charge in [0.2, 0.25) is 0 Å². The van der Waals surface area contributed by atoms with Crippen LogP contribution < -0.4 is 5.73 Å². The summed E-state index contributed by atoms with van der Waals surface area (Å²) in [5, 5.41) is 7.40. The molecule has 3 nitrogen and oxygen atoms in total. The van der Waals surface area contributed by atoms with E-state index in [1.54, 1.807) is 0 Å². The Kier molecular flexibility index (Phi) is 6.78. The normalized spacial score (nSPS) is 9.16. The first kappa shape index (κ1) is 14.7. The maximum atomic E-state index is 7.40. The zero-order valence-corrected chi connectivity index (χ0v) is 11.0. The summed E-state index contributed by atoms with van der Waals surface area (Å²) >= 11 is 0. The quantitative estimate of drug-likeness (QED) is 0.857. The number of hydrogen-bond donors (Lipinski definition) is 1. The van der Waals surface area contributed by atoms with E-state index in [0.717, 1.165) is 0 Å². The van der Waals surface area contributed by atoms with Crippen LogP contribution in [-0.2, 0) is 4.74 Å². The predicted molar refractivity (Wildman–Crippen MR) is 76.4 cm³/mol. The molecule has 0 heterocycles. The highest BCUT2D eigenvalue weighted by atomic mass is 16.5. The lowest BCUT2D eigenvalue weighted by Gasteiger charge is -2.15. The summed E-state index contributed by atoms with van der Waals surface area (Å²) < 4.78 is 3.85. The molecule has 19 heavy (non-hydrogen) atoms. The molecule has 0 spiro atoms. The van der Waals surface area contributed by atoms with Gasteiger partial charge in [-0.25, -0.2) is 0 Å². The van der Waals surface area contributed by atoms with Crippen LogP contribution in [-0.4, -0.2) is 13.7 Å². The van der Waals surface area contributed by atoms with Crippen molar-refractivity contribution in [3.63, 3.8) is 0 Å². The number of benzene rings is 2. The average molecular weight is 254 g/mol. The Hall–Kier alpha value is -2.31. The van der Waals surface area contributed by atoms with Gasteiger partial charge in [0.05, 0.1) is 7.11 Å². The number of nitriles is 1. The van der Waals surface area contributed by atoms with Crippen LogP contribution in [0, 0.1) is 11.5 Å². The molecule has 0 fully saturated rings. The Morgan fingerprint density at radius 3 is 1.63 bits per heavy atom. The summed E-state index contributed by atoms with van der Waals surface area (Å²) in [4.78, 5) is 0. The first-order valence-corrected chi connectivity index (χ1v) is 6.05. The number of nitrogens with zero attached hydrogens (tertiary/aromatic N) is 1. The zero-order chi connectivity index (χ0) is 13.9. The highest BCUT2D eigenvalue weighted by Crippen LogP contribution is 2.22. The van der Waals surface area contributed by atoms with E-state index < -0.39 is 0 Å². The number of ether oxygens (including phenoxy) is 1. The van der Waals surface area contributed by atoms with Gasteiger partial charge in [-0.15, -0.1) is 0 Å². The first-order valence-electron chi connectivity index (χ1n) is 6.05. The van der Waals surface area contributed by atoms with E-state index in [-0.39, 0.29) is 0 Å². The molecule has 2 aromatic rings. The third kappa shape index (κ3) is 4.82. The summed E-state index contributed by atoms with van der Waals surface area (Å²) in [7, 11) is 1.32. The van der Waals surface area contributed by atoms with E-state index in [4.69, 9.17) is 11.0 Å². The first-order chi connectivity index (χ1) is 9.33. The van der Waals surface area contributed by atoms with Gasteiger partial charge in [-0.2, -0.15) is 5.26 Å². The monoisotopic (exact) mass is 254 g/mol. The van der Waals surface area contributed by atoms with Crippen LogP contribution in [0.1, 0.15) is 17.0 Å². The topological polar surface area (TPSA) is 59.0 Å². The smallest absolute Gasteiger partial charge is 0.286 e. The summed E-state index contributed by atoms with van der Waals surface area (Å²) in [5.41, 5.74) is 8.40. The number of hydrogen-bond acceptors (Lipinski definition) is 3. The van der Waals surface area contributed by atoms with E-state index >= 15 is 0 Å². The fraction of sp³-hybridized carbons (Fsp3) is 0.188. The van der Waals surface area contributed by atoms with Crippen LogP contribution in [0.25, 0.3) is 0 Å². The minimum absolute atomic E-state index is 0.312. The van der Waals surface area contributed by atoms with E-state index in [9.17, 15) is 0 Å². The molecule has 0 aliphatic rings. The highest BCUT2D eigenvalue weighted by molar-refractivity contribution is 5.32. The van der Waals surface area contributed by atoms with Crippen molar-refractivity contribution in [3.8, 4) is 6.26 Å². The molecule has 0 saturated carbocycles. The lowest BCUT2D eigenvalue weighted by Crippen LogP contribution is -2.13. The number of nitrogens with two attached hydrogens (primary N) is 1. The van der Waals surface area contributed by atoms with Crippen molar-refractivity contribution in [2.24, 2.45) is 5.73 Å². The minimum Gasteiger partial charge on any atom is -0.431 e. The molecule has 0 unspecified atom stereocenters. The SMILES string of the molecule is COC#N.NCC(c1ccccc1)c1ccccc1. The van der Waals surface area contributed by atoms with E-state index in [1.807, 2.05) is 12.1 Å². The fourth-order valence-electron chi connectivity index (χ4n) is 1.84. The Bertz CT molecular complexity index is 452. The molecule has 0 amide bonds. The second-order valence-electron chi connectivity index (χ2n) is 3.91. The van der Waals surface area contributed by atoms with Gasteiger partial charge in [-0.05, 0) is 11.1 Å². The van der Waals surface area contributed by atoms with Gasteiger partial charge in [-0.3, -0.25) is 0 Å². The van der Waals surface area contributed by atoms with Crippen LogP contribution in [0.3, 0.4) is 0 Å². The van der Waals surface area contributed by atoms with Crippen LogP contribution in [0.2, 0.25) is 0 Å². The molecule has 3 heteroatoms. The molecular weight excluding hydrogens is 236 g/mol. The highest BCUT2D eigenvalue weighted by Gasteiger charge is 2.10. The zero-order valence-electron chi connectivity index (χ0n) is 11.0. The number of rotatable bonds is 3. The lowest BCUT2D eigenvalue weighted by molar-refractivity contribution is 0.362. The van der Waals surface area contributed by atoms with Crippen molar-refractivity contribution in [3.05, 3.63) is 71.8 Å². The van der Waals surface area contributed by atoms with E-state index in [2.05, 4.69) is 53.3 Å². The molecule has 0 aromatic heterocycles. The molecular formula is C16H18N2O. The maximum Gasteiger partial charge on any atom is 0.286 e. The second kappa shape index (κ2) is 8.73. The van der Waals surface area contributed by atoms with Crippen molar-refractivity contribution >= 4 is 0 Å². The Morgan fingerprint density at radius 1 is 1.00 bits per heavy atom. The molecule has 0 saturated heterocycles. The molecule has 0 radical (unpaired) electrons. The van der Waals surface area contributed by atoms with Crippen molar-refractivity contribution < 1.29 is 4.74 Å². The van der Waals surface area contributed by atoms with Gasteiger partial charge in [0.15, 0.2) is 0 Å². The van der Waals surface area contributed by atoms with Crippen LogP contribution in [0.4, 0.5) is 0 Å². The van der Waals surface area contributed by atoms with E-state index in [0.29, 0.717) is 12.5 Å². The summed E-state index contributed by atoms with van der Waals surface area (Å²) in [6.45, 7) is 0.647. The number of methoxy groups -OCH3 is 1. The van der Waals surface area contributed by atoms with Crippen LogP contribution >= 0.6 is 0 Å². The van der Waals surface area contributed by atoms with Gasteiger partial charge in [0.1, 0.15) is 0 Å². The Morgan fingerprint density at radius 2 is 1.37 bits per heavy atom. The molecule has 0 aliphatic heterocycles. The predicted octanol–water partition coefficient (Wildman–Crippen LogP) is 2.89. The third-order valence-corrected chi connectivity index (χ3v) is 2.73. The second-order valence-corrected chi connectivity index (χ2v) is 3.91. The average Bonchev–Trinajstić information content (AvgIpc) is 2.50. The van der Waals surface area contributed by atoms with Crippen LogP contribution in [0.15, 0.2) is 60.7 Å². The van der Waals surface area contributed by atoms with Crippen LogP contribution in [0.5, 0.6) is 0 Å². The van der Waals surface area contributed by atoms with Gasteiger partial charge in [0, 0.05) is 12.5 Å². The van der Waals surface area contributed by atoms with Crippen molar-refractivity contribution in [1.29, 1.82) is 5.26 Å². The summed E-state index contributed by atoms with van der Waals surface area (Å²) in [6.07, 6.45) is 1.43. The third-order valence-electron chi connectivity index (χ3n) is 2.73. The summed E-state index contributed by atoms with van der Waals surface area (Å²) in [5.74, 6) is 0.312. The summed E-state index contributed by atoms with van der Waals surface area (Å²) in [6, 6.07) is 20.8. The van der Waals surface area contributed by atoms with Gasteiger partial charge < -0.3 is 10.5 Å². The van der Waals surface area contributed by atoms with E-state index in [1.165, 1.54) is 24.5 Å². The molecule has 2 N–H and O–H groups in total. The molecule has 0 bridgehead atoms. The van der Waals surface area contributed by atoms with Crippen molar-refractivity contribution in [1.82, 2.24) is 0 Å². The fourth-order valence-corrected chi connectivity index (χ4v) is 1.84. The van der Waals surface area contributed by atoms with Crippen molar-refractivity contribution in [2.75, 3.05) is 13.7 Å². The molecule has 0 aliphatic carbocycles. The largest absolute Gasteiger partial charge is 0.431 e. The lowest BCUT2D eigenvalue weighted by atomic mass is 9.92. The Balaban J connectivity index is 0.000000399. The van der Waals surface area contributed by atoms with Gasteiger partial charge in [-0.1, -0.05) is 60.7 Å². The maximum absolute atomic E-state index is 7.40. The van der Waals surface area contributed by atoms with Gasteiger partial charge in [0.25, 0.3) is 6.26 Å². The Labute approximate surface area is 114 Å². The standard InChI is InChI=1S/C14H15N.C2H3NO/c15-11-14(12-7-3-1-4-8-12)13-9-5-2-6-10-13;1-4-2-3/h1-10,14H,11,15H2;1H3. The van der Waals surface area contributed by atoms with Crippen molar-refractivity contribution in [2.45, 2.75) is 5.92 Å². The minimum atomic E-state index is 0.312. The molecule has 2 rings (SSSR count). The van der Waals surface area contributed by atoms with Gasteiger partial charge >= 0.3 is 0 Å². The molecule has 0 atom stereocenters.